The molecule has 0 spiro atoms. The molecule has 112 valence electrons. The van der Waals surface area contributed by atoms with Gasteiger partial charge < -0.3 is 11.1 Å². The van der Waals surface area contributed by atoms with Crippen LogP contribution in [0.3, 0.4) is 0 Å². The van der Waals surface area contributed by atoms with Gasteiger partial charge in [0, 0.05) is 5.69 Å². The minimum Gasteiger partial charge on any atom is -0.370 e. The number of anilines is 1. The molecule has 0 atom stereocenters. The van der Waals surface area contributed by atoms with E-state index in [1.54, 1.807) is 0 Å². The van der Waals surface area contributed by atoms with Gasteiger partial charge in [-0.15, -0.1) is 29.1 Å². The first-order chi connectivity index (χ1) is 9.72. The van der Waals surface area contributed by atoms with Crippen molar-refractivity contribution in [3.05, 3.63) is 39.9 Å². The highest BCUT2D eigenvalue weighted by Gasteiger charge is 2.10. The third-order valence-electron chi connectivity index (χ3n) is 3.51. The number of rotatable bonds is 3. The highest BCUT2D eigenvalue weighted by Crippen LogP contribution is 2.24. The first kappa shape index (κ1) is 16.2. The molecule has 0 radical (unpaired) electrons. The van der Waals surface area contributed by atoms with Crippen molar-refractivity contribution in [2.75, 3.05) is 5.32 Å². The van der Waals surface area contributed by atoms with Crippen molar-refractivity contribution in [2.45, 2.75) is 32.7 Å². The first-order valence-corrected chi connectivity index (χ1v) is 7.46. The van der Waals surface area contributed by atoms with Crippen molar-refractivity contribution in [3.8, 4) is 0 Å². The Morgan fingerprint density at radius 1 is 1.38 bits per heavy atom. The van der Waals surface area contributed by atoms with Crippen LogP contribution in [0.25, 0.3) is 0 Å². The number of aryl methyl sites for hydroxylation is 3. The molecule has 21 heavy (non-hydrogen) atoms. The maximum atomic E-state index is 5.92. The minimum absolute atomic E-state index is 0. The monoisotopic (exact) mass is 415 g/mol. The zero-order valence-electron chi connectivity index (χ0n) is 11.8. The molecule has 0 saturated carbocycles. The number of nitrogens with zero attached hydrogens (tertiary/aromatic N) is 3. The number of nitrogens with one attached hydrogen (secondary N) is 1. The molecule has 1 aliphatic carbocycles. The van der Waals surface area contributed by atoms with Gasteiger partial charge in [0.1, 0.15) is 0 Å². The van der Waals surface area contributed by atoms with E-state index in [9.17, 15) is 0 Å². The van der Waals surface area contributed by atoms with Gasteiger partial charge in [-0.1, -0.05) is 10.6 Å². The van der Waals surface area contributed by atoms with Crippen LogP contribution in [0.4, 0.5) is 5.69 Å². The Balaban J connectivity index is 0.00000161. The van der Waals surface area contributed by atoms with Gasteiger partial charge in [0.25, 0.3) is 0 Å². The van der Waals surface area contributed by atoms with Crippen molar-refractivity contribution >= 4 is 47.2 Å². The molecule has 1 aromatic carbocycles. The van der Waals surface area contributed by atoms with Gasteiger partial charge in [0.05, 0.1) is 17.1 Å². The largest absolute Gasteiger partial charge is 0.370 e. The van der Waals surface area contributed by atoms with E-state index in [-0.39, 0.29) is 24.0 Å². The lowest BCUT2D eigenvalue weighted by Gasteiger charge is -2.07. The number of aromatic nitrogens is 2. The van der Waals surface area contributed by atoms with Gasteiger partial charge in [-0.3, -0.25) is 0 Å². The van der Waals surface area contributed by atoms with Crippen LogP contribution in [0.15, 0.2) is 23.2 Å². The summed E-state index contributed by atoms with van der Waals surface area (Å²) in [5.41, 5.74) is 10.7. The average Bonchev–Trinajstić information content (AvgIpc) is 3.04. The highest BCUT2D eigenvalue weighted by atomic mass is 127. The van der Waals surface area contributed by atoms with Crippen LogP contribution in [0.2, 0.25) is 0 Å². The number of benzene rings is 1. The van der Waals surface area contributed by atoms with Crippen molar-refractivity contribution in [1.82, 2.24) is 9.59 Å². The van der Waals surface area contributed by atoms with E-state index in [4.69, 9.17) is 5.73 Å². The van der Waals surface area contributed by atoms with Gasteiger partial charge in [-0.2, -0.15) is 0 Å². The van der Waals surface area contributed by atoms with E-state index < -0.39 is 0 Å². The second-order valence-electron chi connectivity index (χ2n) is 4.95. The van der Waals surface area contributed by atoms with E-state index >= 15 is 0 Å². The molecule has 2 aromatic rings. The summed E-state index contributed by atoms with van der Waals surface area (Å²) in [6, 6.07) is 6.41. The SMILES string of the molecule is Cc1nnsc1CN=C(N)Nc1ccc2c(c1)CCC2.I. The molecule has 5 nitrogen and oxygen atoms in total. The predicted molar refractivity (Wildman–Crippen MR) is 97.5 cm³/mol. The van der Waals surface area contributed by atoms with E-state index in [1.165, 1.54) is 35.5 Å². The molecule has 1 heterocycles. The van der Waals surface area contributed by atoms with Crippen molar-refractivity contribution < 1.29 is 0 Å². The first-order valence-electron chi connectivity index (χ1n) is 6.69. The quantitative estimate of drug-likeness (QED) is 0.459. The van der Waals surface area contributed by atoms with Gasteiger partial charge in [0.15, 0.2) is 5.96 Å². The molecule has 3 rings (SSSR count). The Kier molecular flexibility index (Phi) is 5.51. The second-order valence-corrected chi connectivity index (χ2v) is 5.78. The van der Waals surface area contributed by atoms with E-state index in [0.717, 1.165) is 22.7 Å². The lowest BCUT2D eigenvalue weighted by Crippen LogP contribution is -2.22. The number of fused-ring (bicyclic) bond motifs is 1. The summed E-state index contributed by atoms with van der Waals surface area (Å²) in [6.45, 7) is 2.45. The fourth-order valence-electron chi connectivity index (χ4n) is 2.39. The number of hydrogen-bond acceptors (Lipinski definition) is 4. The van der Waals surface area contributed by atoms with E-state index in [0.29, 0.717) is 12.5 Å². The maximum Gasteiger partial charge on any atom is 0.193 e. The Morgan fingerprint density at radius 2 is 2.19 bits per heavy atom. The Hall–Kier alpha value is -1.22. The number of nitrogens with two attached hydrogens (primary N) is 1. The Bertz CT molecular complexity index is 653. The Labute approximate surface area is 145 Å². The highest BCUT2D eigenvalue weighted by molar-refractivity contribution is 14.0. The second kappa shape index (κ2) is 7.17. The number of halogens is 1. The molecule has 0 saturated heterocycles. The summed E-state index contributed by atoms with van der Waals surface area (Å²) in [5, 5.41) is 7.10. The summed E-state index contributed by atoms with van der Waals surface area (Å²) >= 11 is 1.36. The molecule has 1 aromatic heterocycles. The fourth-order valence-corrected chi connectivity index (χ4v) is 2.95. The van der Waals surface area contributed by atoms with Crippen molar-refractivity contribution in [2.24, 2.45) is 10.7 Å². The number of hydrogen-bond donors (Lipinski definition) is 2. The standard InChI is InChI=1S/C14H17N5S.HI/c1-9-13(20-19-18-9)8-16-14(15)17-12-6-5-10-3-2-4-11(10)7-12;/h5-7H,2-4,8H2,1H3,(H3,15,16,17);1H. The molecule has 1 aliphatic rings. The average molecular weight is 415 g/mol. The molecule has 0 unspecified atom stereocenters. The van der Waals surface area contributed by atoms with Crippen LogP contribution >= 0.6 is 35.5 Å². The van der Waals surface area contributed by atoms with Crippen LogP contribution in [-0.2, 0) is 19.4 Å². The van der Waals surface area contributed by atoms with Gasteiger partial charge >= 0.3 is 0 Å². The zero-order valence-corrected chi connectivity index (χ0v) is 14.9. The van der Waals surface area contributed by atoms with Crippen LogP contribution in [-0.4, -0.2) is 15.5 Å². The predicted octanol–water partition coefficient (Wildman–Crippen LogP) is 2.88. The van der Waals surface area contributed by atoms with Gasteiger partial charge in [-0.05, 0) is 61.0 Å². The Morgan fingerprint density at radius 3 is 2.95 bits per heavy atom. The molecular formula is C14H18IN5S. The van der Waals surface area contributed by atoms with Crippen LogP contribution < -0.4 is 11.1 Å². The van der Waals surface area contributed by atoms with Crippen molar-refractivity contribution in [1.29, 1.82) is 0 Å². The molecular weight excluding hydrogens is 397 g/mol. The number of aliphatic imine (C=N–C) groups is 1. The van der Waals surface area contributed by atoms with Crippen LogP contribution in [0.1, 0.15) is 28.1 Å². The summed E-state index contributed by atoms with van der Waals surface area (Å²) in [5.74, 6) is 0.427. The molecule has 3 N–H and O–H groups in total. The van der Waals surface area contributed by atoms with Crippen LogP contribution in [0, 0.1) is 6.92 Å². The number of guanidine groups is 1. The summed E-state index contributed by atoms with van der Waals surface area (Å²) in [4.78, 5) is 5.38. The smallest absolute Gasteiger partial charge is 0.193 e. The summed E-state index contributed by atoms with van der Waals surface area (Å²) < 4.78 is 3.88. The fraction of sp³-hybridized carbons (Fsp3) is 0.357. The maximum absolute atomic E-state index is 5.92. The third kappa shape index (κ3) is 3.91. The van der Waals surface area contributed by atoms with Crippen molar-refractivity contribution in [3.63, 3.8) is 0 Å². The van der Waals surface area contributed by atoms with Gasteiger partial charge in [0.2, 0.25) is 0 Å². The molecule has 0 amide bonds. The normalized spacial score (nSPS) is 13.7. The lowest BCUT2D eigenvalue weighted by atomic mass is 10.1. The van der Waals surface area contributed by atoms with E-state index in [2.05, 4.69) is 38.1 Å². The summed E-state index contributed by atoms with van der Waals surface area (Å²) in [7, 11) is 0. The topological polar surface area (TPSA) is 76.2 Å². The van der Waals surface area contributed by atoms with E-state index in [1.807, 2.05) is 6.92 Å². The molecule has 0 aliphatic heterocycles. The third-order valence-corrected chi connectivity index (χ3v) is 4.32. The lowest BCUT2D eigenvalue weighted by molar-refractivity contribution is 0.912. The van der Waals surface area contributed by atoms with Gasteiger partial charge in [-0.25, -0.2) is 4.99 Å². The summed E-state index contributed by atoms with van der Waals surface area (Å²) in [6.07, 6.45) is 3.60. The molecule has 0 fully saturated rings. The van der Waals surface area contributed by atoms with Crippen LogP contribution in [0.5, 0.6) is 0 Å². The zero-order chi connectivity index (χ0) is 13.9. The minimum atomic E-state index is 0. The molecule has 7 heteroatoms. The molecule has 0 bridgehead atoms.